The third-order valence-corrected chi connectivity index (χ3v) is 4.75. The molecular weight excluding hydrogens is 294 g/mol. The maximum atomic E-state index is 12.0. The summed E-state index contributed by atoms with van der Waals surface area (Å²) in [7, 11) is 1.66. The normalized spacial score (nSPS) is 26.0. The first kappa shape index (κ1) is 15.8. The highest BCUT2D eigenvalue weighted by Gasteiger charge is 2.56. The summed E-state index contributed by atoms with van der Waals surface area (Å²) in [6.45, 7) is 2.23. The summed E-state index contributed by atoms with van der Waals surface area (Å²) in [5.74, 6) is -1.17. The van der Waals surface area contributed by atoms with Crippen LogP contribution in [0.4, 0.5) is 0 Å². The predicted octanol–water partition coefficient (Wildman–Crippen LogP) is -0.125. The lowest BCUT2D eigenvalue weighted by Crippen LogP contribution is -2.61. The van der Waals surface area contributed by atoms with Gasteiger partial charge in [0, 0.05) is 30.7 Å². The van der Waals surface area contributed by atoms with Crippen molar-refractivity contribution in [3.8, 4) is 0 Å². The van der Waals surface area contributed by atoms with Crippen molar-refractivity contribution < 1.29 is 19.8 Å². The number of amides is 1. The monoisotopic (exact) mass is 313 g/mol. The first-order valence-electron chi connectivity index (χ1n) is 6.73. The van der Waals surface area contributed by atoms with Crippen LogP contribution in [0, 0.1) is 5.92 Å². The van der Waals surface area contributed by atoms with Crippen LogP contribution in [0.25, 0.3) is 0 Å². The third kappa shape index (κ3) is 2.91. The van der Waals surface area contributed by atoms with Gasteiger partial charge in [0.05, 0.1) is 24.4 Å². The molecule has 0 aromatic carbocycles. The fraction of sp³-hybridized carbons (Fsp3) is 0.615. The Balaban J connectivity index is 2.03. The maximum Gasteiger partial charge on any atom is 0.353 e. The molecule has 3 atom stereocenters. The predicted molar refractivity (Wildman–Crippen MR) is 80.0 cm³/mol. The number of fused-ring (bicyclic) bond motifs is 1. The summed E-state index contributed by atoms with van der Waals surface area (Å²) in [4.78, 5) is 29.2. The molecule has 0 aliphatic carbocycles. The van der Waals surface area contributed by atoms with Gasteiger partial charge in [-0.2, -0.15) is 0 Å². The highest BCUT2D eigenvalue weighted by atomic mass is 32.2. The van der Waals surface area contributed by atoms with Gasteiger partial charge in [0.15, 0.2) is 0 Å². The number of nitrogens with zero attached hydrogens (tertiary/aromatic N) is 2. The second-order valence-electron chi connectivity index (χ2n) is 5.01. The summed E-state index contributed by atoms with van der Waals surface area (Å²) < 4.78 is 0. The molecule has 2 heterocycles. The van der Waals surface area contributed by atoms with E-state index >= 15 is 0 Å². The average Bonchev–Trinajstić information content (AvgIpc) is 2.72. The van der Waals surface area contributed by atoms with Gasteiger partial charge in [-0.15, -0.1) is 11.8 Å². The average molecular weight is 313 g/mol. The molecule has 8 heteroatoms. The lowest BCUT2D eigenvalue weighted by Gasteiger charge is -2.44. The number of aliphatic hydroxyl groups excluding tert-OH is 1. The number of aliphatic imine (C=N–C) groups is 1. The molecule has 0 saturated carbocycles. The number of aliphatic carboxylic acids is 1. The second-order valence-corrected chi connectivity index (χ2v) is 6.20. The van der Waals surface area contributed by atoms with Crippen LogP contribution >= 0.6 is 11.8 Å². The number of carboxylic acids is 1. The van der Waals surface area contributed by atoms with Crippen molar-refractivity contribution in [2.45, 2.75) is 25.5 Å². The number of rotatable bonds is 7. The van der Waals surface area contributed by atoms with Crippen molar-refractivity contribution in [2.24, 2.45) is 10.9 Å². The Kier molecular flexibility index (Phi) is 4.89. The molecule has 2 aliphatic rings. The SMILES string of the molecule is CN=CNCCSC1=C(C(=O)O)N2C(=O)[C@H](C(C)O)[C@H]2C1. The minimum Gasteiger partial charge on any atom is -0.477 e. The van der Waals surface area contributed by atoms with Crippen molar-refractivity contribution in [3.05, 3.63) is 10.6 Å². The van der Waals surface area contributed by atoms with E-state index in [-0.39, 0.29) is 17.6 Å². The van der Waals surface area contributed by atoms with Crippen molar-refractivity contribution in [1.82, 2.24) is 10.2 Å². The number of carbonyl (C=O) groups is 2. The minimum atomic E-state index is -1.08. The van der Waals surface area contributed by atoms with Gasteiger partial charge >= 0.3 is 5.97 Å². The van der Waals surface area contributed by atoms with E-state index in [0.717, 1.165) is 0 Å². The second kappa shape index (κ2) is 6.48. The van der Waals surface area contributed by atoms with Crippen molar-refractivity contribution in [2.75, 3.05) is 19.3 Å². The molecule has 1 unspecified atom stereocenters. The molecule has 0 aromatic heterocycles. The lowest BCUT2D eigenvalue weighted by atomic mass is 9.83. The van der Waals surface area contributed by atoms with E-state index in [1.54, 1.807) is 20.3 Å². The summed E-state index contributed by atoms with van der Waals surface area (Å²) in [5.41, 5.74) is 0.0797. The molecule has 21 heavy (non-hydrogen) atoms. The van der Waals surface area contributed by atoms with Gasteiger partial charge in [-0.3, -0.25) is 9.79 Å². The van der Waals surface area contributed by atoms with E-state index in [1.807, 2.05) is 0 Å². The van der Waals surface area contributed by atoms with Crippen molar-refractivity contribution >= 4 is 30.0 Å². The molecule has 0 spiro atoms. The zero-order valence-electron chi connectivity index (χ0n) is 11.9. The highest BCUT2D eigenvalue weighted by molar-refractivity contribution is 8.03. The Morgan fingerprint density at radius 1 is 1.67 bits per heavy atom. The molecule has 0 radical (unpaired) electrons. The molecule has 116 valence electrons. The number of aliphatic hydroxyl groups is 1. The van der Waals surface area contributed by atoms with E-state index in [9.17, 15) is 19.8 Å². The smallest absolute Gasteiger partial charge is 0.353 e. The summed E-state index contributed by atoms with van der Waals surface area (Å²) in [6.07, 6.45) is 1.35. The molecule has 1 amide bonds. The molecule has 2 aliphatic heterocycles. The minimum absolute atomic E-state index is 0.0797. The third-order valence-electron chi connectivity index (χ3n) is 3.63. The van der Waals surface area contributed by atoms with Crippen LogP contribution in [0.3, 0.4) is 0 Å². The van der Waals surface area contributed by atoms with Crippen LogP contribution in [-0.4, -0.2) is 64.8 Å². The number of carboxylic acid groups (broad SMARTS) is 1. The number of hydrogen-bond donors (Lipinski definition) is 3. The van der Waals surface area contributed by atoms with Gasteiger partial charge in [-0.05, 0) is 6.92 Å². The van der Waals surface area contributed by atoms with Crippen molar-refractivity contribution in [3.63, 3.8) is 0 Å². The Morgan fingerprint density at radius 3 is 2.95 bits per heavy atom. The van der Waals surface area contributed by atoms with Crippen LogP contribution in [0.1, 0.15) is 13.3 Å². The van der Waals surface area contributed by atoms with Gasteiger partial charge in [0.25, 0.3) is 0 Å². The van der Waals surface area contributed by atoms with E-state index in [1.165, 1.54) is 16.7 Å². The topological polar surface area (TPSA) is 102 Å². The van der Waals surface area contributed by atoms with E-state index < -0.39 is 18.0 Å². The maximum absolute atomic E-state index is 12.0. The standard InChI is InChI=1S/C13H19N3O4S/c1-7(17)10-8-5-9(21-4-3-15-6-14-2)11(13(19)20)16(8)12(10)18/h6-8,10,17H,3-5H2,1-2H3,(H,14,15)(H,19,20)/t7?,8-,10-/m1/s1. The largest absolute Gasteiger partial charge is 0.477 e. The van der Waals surface area contributed by atoms with Crippen LogP contribution in [0.2, 0.25) is 0 Å². The van der Waals surface area contributed by atoms with Crippen molar-refractivity contribution in [1.29, 1.82) is 0 Å². The molecule has 1 fully saturated rings. The zero-order chi connectivity index (χ0) is 15.6. The van der Waals surface area contributed by atoms with Crippen LogP contribution in [-0.2, 0) is 9.59 Å². The molecule has 1 saturated heterocycles. The lowest BCUT2D eigenvalue weighted by molar-refractivity contribution is -0.161. The molecular formula is C13H19N3O4S. The van der Waals surface area contributed by atoms with Gasteiger partial charge in [0.2, 0.25) is 5.91 Å². The highest BCUT2D eigenvalue weighted by Crippen LogP contribution is 2.46. The Morgan fingerprint density at radius 2 is 2.38 bits per heavy atom. The number of carbonyl (C=O) groups excluding carboxylic acids is 1. The fourth-order valence-electron chi connectivity index (χ4n) is 2.75. The number of thioether (sulfide) groups is 1. The zero-order valence-corrected chi connectivity index (χ0v) is 12.8. The Hall–Kier alpha value is -1.54. The summed E-state index contributed by atoms with van der Waals surface area (Å²) in [6, 6.07) is -0.212. The van der Waals surface area contributed by atoms with E-state index in [4.69, 9.17) is 0 Å². The molecule has 2 rings (SSSR count). The number of hydrogen-bond acceptors (Lipinski definition) is 5. The number of nitrogens with one attached hydrogen (secondary N) is 1. The Labute approximate surface area is 127 Å². The van der Waals surface area contributed by atoms with Gasteiger partial charge < -0.3 is 20.4 Å². The Bertz CT molecular complexity index is 504. The summed E-state index contributed by atoms with van der Waals surface area (Å²) >= 11 is 1.43. The van der Waals surface area contributed by atoms with Gasteiger partial charge in [0.1, 0.15) is 5.70 Å². The number of β-lactam (4-membered cyclic amide) rings is 1. The van der Waals surface area contributed by atoms with Gasteiger partial charge in [-0.25, -0.2) is 4.79 Å². The van der Waals surface area contributed by atoms with E-state index in [0.29, 0.717) is 23.6 Å². The first-order chi connectivity index (χ1) is 9.99. The molecule has 0 aromatic rings. The van der Waals surface area contributed by atoms with Crippen LogP contribution < -0.4 is 5.32 Å². The molecule has 7 nitrogen and oxygen atoms in total. The molecule has 3 N–H and O–H groups in total. The van der Waals surface area contributed by atoms with Crippen LogP contribution in [0.5, 0.6) is 0 Å². The summed E-state index contributed by atoms with van der Waals surface area (Å²) in [5, 5.41) is 21.9. The first-order valence-corrected chi connectivity index (χ1v) is 7.72. The van der Waals surface area contributed by atoms with Gasteiger partial charge in [-0.1, -0.05) is 0 Å². The van der Waals surface area contributed by atoms with Crippen LogP contribution in [0.15, 0.2) is 15.6 Å². The quantitative estimate of drug-likeness (QED) is 0.262. The fourth-order valence-corrected chi connectivity index (χ4v) is 3.83. The van der Waals surface area contributed by atoms with E-state index in [2.05, 4.69) is 10.3 Å². The molecule has 0 bridgehead atoms.